The SMILES string of the molecule is NN1CCN2CCNCC2C1. The Morgan fingerprint density at radius 1 is 1.27 bits per heavy atom. The number of hydrogen-bond acceptors (Lipinski definition) is 4. The number of piperazine rings is 2. The molecule has 0 aromatic rings. The minimum absolute atomic E-state index is 0.655. The van der Waals surface area contributed by atoms with Crippen molar-refractivity contribution < 1.29 is 0 Å². The van der Waals surface area contributed by atoms with E-state index >= 15 is 0 Å². The maximum Gasteiger partial charge on any atom is 0.0362 e. The number of hydrogen-bond donors (Lipinski definition) is 2. The first-order valence-electron chi connectivity index (χ1n) is 4.30. The van der Waals surface area contributed by atoms with Gasteiger partial charge in [-0.3, -0.25) is 10.7 Å². The Balaban J connectivity index is 1.93. The molecule has 0 saturated carbocycles. The Kier molecular flexibility index (Phi) is 2.09. The normalized spacial score (nSPS) is 35.2. The Morgan fingerprint density at radius 2 is 2.18 bits per heavy atom. The van der Waals surface area contributed by atoms with Crippen LogP contribution < -0.4 is 11.2 Å². The molecule has 3 N–H and O–H groups in total. The van der Waals surface area contributed by atoms with Crippen molar-refractivity contribution in [2.24, 2.45) is 5.84 Å². The molecule has 0 bridgehead atoms. The second-order valence-corrected chi connectivity index (χ2v) is 3.39. The zero-order chi connectivity index (χ0) is 7.68. The van der Waals surface area contributed by atoms with E-state index in [9.17, 15) is 0 Å². The molecule has 0 spiro atoms. The van der Waals surface area contributed by atoms with Crippen molar-refractivity contribution in [1.82, 2.24) is 15.2 Å². The van der Waals surface area contributed by atoms with Gasteiger partial charge in [-0.2, -0.15) is 0 Å². The van der Waals surface area contributed by atoms with Crippen LogP contribution in [0.5, 0.6) is 0 Å². The van der Waals surface area contributed by atoms with E-state index in [0.717, 1.165) is 32.7 Å². The van der Waals surface area contributed by atoms with Crippen LogP contribution in [0, 0.1) is 0 Å². The van der Waals surface area contributed by atoms with Crippen molar-refractivity contribution >= 4 is 0 Å². The summed E-state index contributed by atoms with van der Waals surface area (Å²) in [6.45, 7) is 6.62. The summed E-state index contributed by atoms with van der Waals surface area (Å²) in [5, 5.41) is 5.31. The lowest BCUT2D eigenvalue weighted by Gasteiger charge is -2.42. The smallest absolute Gasteiger partial charge is 0.0362 e. The Hall–Kier alpha value is -0.160. The third-order valence-electron chi connectivity index (χ3n) is 2.59. The number of nitrogens with two attached hydrogens (primary N) is 1. The molecule has 0 radical (unpaired) electrons. The summed E-state index contributed by atoms with van der Waals surface area (Å²) in [6.07, 6.45) is 0. The van der Waals surface area contributed by atoms with E-state index in [1.807, 2.05) is 5.01 Å². The van der Waals surface area contributed by atoms with Crippen LogP contribution in [0.1, 0.15) is 0 Å². The molecule has 1 unspecified atom stereocenters. The Labute approximate surface area is 67.3 Å². The van der Waals surface area contributed by atoms with Gasteiger partial charge in [0.15, 0.2) is 0 Å². The fourth-order valence-electron chi connectivity index (χ4n) is 1.90. The summed E-state index contributed by atoms with van der Waals surface area (Å²) in [6, 6.07) is 0.655. The molecule has 1 atom stereocenters. The van der Waals surface area contributed by atoms with Gasteiger partial charge < -0.3 is 5.32 Å². The van der Waals surface area contributed by atoms with Gasteiger partial charge >= 0.3 is 0 Å². The molecule has 0 aromatic heterocycles. The van der Waals surface area contributed by atoms with E-state index in [2.05, 4.69) is 10.2 Å². The molecule has 0 aliphatic carbocycles. The summed E-state index contributed by atoms with van der Waals surface area (Å²) >= 11 is 0. The molecule has 64 valence electrons. The highest BCUT2D eigenvalue weighted by Crippen LogP contribution is 2.08. The van der Waals surface area contributed by atoms with E-state index < -0.39 is 0 Å². The minimum atomic E-state index is 0.655. The van der Waals surface area contributed by atoms with E-state index in [1.54, 1.807) is 0 Å². The molecule has 2 saturated heterocycles. The van der Waals surface area contributed by atoms with Gasteiger partial charge in [0.25, 0.3) is 0 Å². The average molecular weight is 156 g/mol. The van der Waals surface area contributed by atoms with Crippen LogP contribution in [0.25, 0.3) is 0 Å². The maximum atomic E-state index is 5.72. The van der Waals surface area contributed by atoms with Crippen molar-refractivity contribution in [3.8, 4) is 0 Å². The van der Waals surface area contributed by atoms with Crippen LogP contribution in [-0.4, -0.2) is 55.2 Å². The lowest BCUT2D eigenvalue weighted by Crippen LogP contribution is -2.62. The number of nitrogens with zero attached hydrogens (tertiary/aromatic N) is 2. The first kappa shape index (κ1) is 7.49. The molecule has 2 aliphatic rings. The number of hydrazine groups is 1. The third-order valence-corrected chi connectivity index (χ3v) is 2.59. The van der Waals surface area contributed by atoms with Crippen molar-refractivity contribution in [2.45, 2.75) is 6.04 Å². The molecule has 11 heavy (non-hydrogen) atoms. The molecule has 2 aliphatic heterocycles. The summed E-state index contributed by atoms with van der Waals surface area (Å²) in [4.78, 5) is 2.53. The molecule has 2 rings (SSSR count). The third kappa shape index (κ3) is 1.54. The van der Waals surface area contributed by atoms with Crippen molar-refractivity contribution in [3.05, 3.63) is 0 Å². The lowest BCUT2D eigenvalue weighted by atomic mass is 10.1. The largest absolute Gasteiger partial charge is 0.314 e. The number of nitrogens with one attached hydrogen (secondary N) is 1. The van der Waals surface area contributed by atoms with E-state index in [4.69, 9.17) is 5.84 Å². The van der Waals surface area contributed by atoms with Gasteiger partial charge in [0.1, 0.15) is 0 Å². The van der Waals surface area contributed by atoms with E-state index in [-0.39, 0.29) is 0 Å². The van der Waals surface area contributed by atoms with Crippen LogP contribution in [0.15, 0.2) is 0 Å². The minimum Gasteiger partial charge on any atom is -0.314 e. The van der Waals surface area contributed by atoms with E-state index in [0.29, 0.717) is 6.04 Å². The van der Waals surface area contributed by atoms with Crippen molar-refractivity contribution in [2.75, 3.05) is 39.3 Å². The molecule has 4 nitrogen and oxygen atoms in total. The van der Waals surface area contributed by atoms with Crippen LogP contribution in [0.4, 0.5) is 0 Å². The quantitative estimate of drug-likeness (QED) is 0.417. The van der Waals surface area contributed by atoms with Gasteiger partial charge in [-0.25, -0.2) is 5.01 Å². The monoisotopic (exact) mass is 156 g/mol. The molecule has 2 heterocycles. The van der Waals surface area contributed by atoms with Crippen molar-refractivity contribution in [1.29, 1.82) is 0 Å². The number of fused-ring (bicyclic) bond motifs is 1. The highest BCUT2D eigenvalue weighted by molar-refractivity contribution is 4.85. The fraction of sp³-hybridized carbons (Fsp3) is 1.00. The highest BCUT2D eigenvalue weighted by Gasteiger charge is 2.26. The second kappa shape index (κ2) is 3.06. The summed E-state index contributed by atoms with van der Waals surface area (Å²) < 4.78 is 0. The van der Waals surface area contributed by atoms with Gasteiger partial charge in [-0.05, 0) is 0 Å². The van der Waals surface area contributed by atoms with Gasteiger partial charge in [-0.1, -0.05) is 0 Å². The average Bonchev–Trinajstić information content (AvgIpc) is 2.04. The molecular weight excluding hydrogens is 140 g/mol. The predicted molar refractivity (Wildman–Crippen MR) is 44.0 cm³/mol. The fourth-order valence-corrected chi connectivity index (χ4v) is 1.90. The molecule has 4 heteroatoms. The number of rotatable bonds is 0. The molecular formula is C7H16N4. The Morgan fingerprint density at radius 3 is 3.09 bits per heavy atom. The van der Waals surface area contributed by atoms with Gasteiger partial charge in [-0.15, -0.1) is 0 Å². The van der Waals surface area contributed by atoms with E-state index in [1.165, 1.54) is 6.54 Å². The Bertz CT molecular complexity index is 138. The topological polar surface area (TPSA) is 44.5 Å². The summed E-state index contributed by atoms with van der Waals surface area (Å²) in [7, 11) is 0. The summed E-state index contributed by atoms with van der Waals surface area (Å²) in [5.74, 6) is 5.72. The van der Waals surface area contributed by atoms with Gasteiger partial charge in [0, 0.05) is 45.3 Å². The summed E-state index contributed by atoms with van der Waals surface area (Å²) in [5.41, 5.74) is 0. The van der Waals surface area contributed by atoms with Crippen LogP contribution in [0.3, 0.4) is 0 Å². The van der Waals surface area contributed by atoms with Crippen molar-refractivity contribution in [3.63, 3.8) is 0 Å². The maximum absolute atomic E-state index is 5.72. The zero-order valence-electron chi connectivity index (χ0n) is 6.79. The molecule has 0 amide bonds. The van der Waals surface area contributed by atoms with Crippen LogP contribution >= 0.6 is 0 Å². The van der Waals surface area contributed by atoms with Crippen LogP contribution in [-0.2, 0) is 0 Å². The van der Waals surface area contributed by atoms with Gasteiger partial charge in [0.2, 0.25) is 0 Å². The lowest BCUT2D eigenvalue weighted by molar-refractivity contribution is 0.0581. The second-order valence-electron chi connectivity index (χ2n) is 3.39. The standard InChI is InChI=1S/C7H16N4/c8-11-4-3-10-2-1-9-5-7(10)6-11/h7,9H,1-6,8H2. The molecule has 0 aromatic carbocycles. The first-order chi connectivity index (χ1) is 5.36. The highest BCUT2D eigenvalue weighted by atomic mass is 15.4. The zero-order valence-corrected chi connectivity index (χ0v) is 6.79. The molecule has 2 fully saturated rings. The predicted octanol–water partition coefficient (Wildman–Crippen LogP) is -1.55. The van der Waals surface area contributed by atoms with Crippen LogP contribution in [0.2, 0.25) is 0 Å². The first-order valence-corrected chi connectivity index (χ1v) is 4.30. The van der Waals surface area contributed by atoms with Gasteiger partial charge in [0.05, 0.1) is 0 Å².